The van der Waals surface area contributed by atoms with Gasteiger partial charge in [-0.25, -0.2) is 4.39 Å². The molecule has 0 aliphatic carbocycles. The summed E-state index contributed by atoms with van der Waals surface area (Å²) in [6.45, 7) is 0.120. The van der Waals surface area contributed by atoms with Crippen molar-refractivity contribution in [2.75, 3.05) is 7.11 Å². The van der Waals surface area contributed by atoms with Crippen LogP contribution < -0.4 is 4.74 Å². The van der Waals surface area contributed by atoms with Gasteiger partial charge in [0.2, 0.25) is 0 Å². The Labute approximate surface area is 171 Å². The van der Waals surface area contributed by atoms with Gasteiger partial charge >= 0.3 is 0 Å². The van der Waals surface area contributed by atoms with Gasteiger partial charge < -0.3 is 9.30 Å². The van der Waals surface area contributed by atoms with Gasteiger partial charge in [0, 0.05) is 18.1 Å². The molecule has 29 heavy (non-hydrogen) atoms. The van der Waals surface area contributed by atoms with Crippen molar-refractivity contribution in [3.63, 3.8) is 0 Å². The van der Waals surface area contributed by atoms with Crippen molar-refractivity contribution in [2.24, 2.45) is 0 Å². The average molecular weight is 408 g/mol. The second-order valence-corrected chi connectivity index (χ2v) is 7.44. The molecule has 0 unspecified atom stereocenters. The summed E-state index contributed by atoms with van der Waals surface area (Å²) >= 11 is 0.908. The standard InChI is InChI=1S/C22H17FN2O3S/c1-28-19-8-6-18(7-9-19)24-11-10-16(13-24)12-20-21(26)25(22(27)29-20)14-15-2-4-17(23)5-3-15/h2-13H,14H2,1H3/b20-12+. The van der Waals surface area contributed by atoms with E-state index >= 15 is 0 Å². The van der Waals surface area contributed by atoms with Crippen molar-refractivity contribution in [2.45, 2.75) is 6.54 Å². The molecule has 146 valence electrons. The van der Waals surface area contributed by atoms with E-state index in [4.69, 9.17) is 4.74 Å². The van der Waals surface area contributed by atoms with E-state index in [2.05, 4.69) is 0 Å². The summed E-state index contributed by atoms with van der Waals surface area (Å²) in [6.07, 6.45) is 5.47. The highest BCUT2D eigenvalue weighted by Gasteiger charge is 2.35. The molecule has 0 radical (unpaired) electrons. The molecule has 3 aromatic rings. The van der Waals surface area contributed by atoms with Gasteiger partial charge in [-0.2, -0.15) is 0 Å². The quantitative estimate of drug-likeness (QED) is 0.566. The molecule has 4 rings (SSSR count). The molecule has 0 bridgehead atoms. The minimum Gasteiger partial charge on any atom is -0.497 e. The third-order valence-corrected chi connectivity index (χ3v) is 5.42. The fourth-order valence-corrected chi connectivity index (χ4v) is 3.81. The maximum absolute atomic E-state index is 13.1. The molecule has 1 aliphatic rings. The highest BCUT2D eigenvalue weighted by atomic mass is 32.2. The number of aromatic nitrogens is 1. The van der Waals surface area contributed by atoms with Crippen LogP contribution in [0.5, 0.6) is 5.75 Å². The van der Waals surface area contributed by atoms with Gasteiger partial charge in [-0.1, -0.05) is 12.1 Å². The van der Waals surface area contributed by atoms with Crippen molar-refractivity contribution in [3.05, 3.63) is 88.8 Å². The summed E-state index contributed by atoms with van der Waals surface area (Å²) in [5.74, 6) is 0.0710. The minimum absolute atomic E-state index is 0.120. The second-order valence-electron chi connectivity index (χ2n) is 6.44. The van der Waals surface area contributed by atoms with Gasteiger partial charge in [-0.15, -0.1) is 0 Å². The van der Waals surface area contributed by atoms with Gasteiger partial charge in [0.15, 0.2) is 0 Å². The normalized spacial score (nSPS) is 15.4. The van der Waals surface area contributed by atoms with Crippen LogP contribution in [0.25, 0.3) is 11.8 Å². The highest BCUT2D eigenvalue weighted by Crippen LogP contribution is 2.33. The first kappa shape index (κ1) is 19.0. The summed E-state index contributed by atoms with van der Waals surface area (Å²) in [4.78, 5) is 26.5. The number of hydrogen-bond donors (Lipinski definition) is 0. The Morgan fingerprint density at radius 3 is 2.45 bits per heavy atom. The molecule has 1 aliphatic heterocycles. The Morgan fingerprint density at radius 1 is 1.03 bits per heavy atom. The lowest BCUT2D eigenvalue weighted by molar-refractivity contribution is -0.123. The number of hydrogen-bond acceptors (Lipinski definition) is 4. The Kier molecular flexibility index (Phi) is 5.22. The number of imide groups is 1. The zero-order valence-electron chi connectivity index (χ0n) is 15.5. The SMILES string of the molecule is COc1ccc(-n2ccc(/C=C3/SC(=O)N(Cc4ccc(F)cc4)C3=O)c2)cc1. The summed E-state index contributed by atoms with van der Waals surface area (Å²) < 4.78 is 20.1. The number of ether oxygens (including phenoxy) is 1. The third-order valence-electron chi connectivity index (χ3n) is 4.51. The maximum atomic E-state index is 13.1. The van der Waals surface area contributed by atoms with Crippen LogP contribution in [0.4, 0.5) is 9.18 Å². The van der Waals surface area contributed by atoms with Crippen molar-refractivity contribution in [1.29, 1.82) is 0 Å². The molecule has 1 fully saturated rings. The highest BCUT2D eigenvalue weighted by molar-refractivity contribution is 8.18. The molecule has 0 saturated carbocycles. The molecular weight excluding hydrogens is 391 g/mol. The fourth-order valence-electron chi connectivity index (χ4n) is 2.97. The molecule has 1 saturated heterocycles. The number of thioether (sulfide) groups is 1. The number of benzene rings is 2. The number of carbonyl (C=O) groups is 2. The molecule has 0 atom stereocenters. The van der Waals surface area contributed by atoms with E-state index in [0.717, 1.165) is 28.8 Å². The Bertz CT molecular complexity index is 1090. The number of amides is 2. The largest absolute Gasteiger partial charge is 0.497 e. The van der Waals surface area contributed by atoms with Crippen LogP contribution in [0.15, 0.2) is 71.9 Å². The van der Waals surface area contributed by atoms with E-state index in [1.54, 1.807) is 25.3 Å². The summed E-state index contributed by atoms with van der Waals surface area (Å²) in [5.41, 5.74) is 2.46. The van der Waals surface area contributed by atoms with E-state index < -0.39 is 0 Å². The Morgan fingerprint density at radius 2 is 1.76 bits per heavy atom. The zero-order valence-corrected chi connectivity index (χ0v) is 16.4. The molecular formula is C22H17FN2O3S. The van der Waals surface area contributed by atoms with Crippen molar-refractivity contribution in [1.82, 2.24) is 9.47 Å². The van der Waals surface area contributed by atoms with Crippen LogP contribution in [0.3, 0.4) is 0 Å². The van der Waals surface area contributed by atoms with Crippen molar-refractivity contribution < 1.29 is 18.7 Å². The number of halogens is 1. The van der Waals surface area contributed by atoms with Crippen LogP contribution in [-0.4, -0.2) is 27.7 Å². The first-order valence-electron chi connectivity index (χ1n) is 8.86. The minimum atomic E-state index is -0.357. The van der Waals surface area contributed by atoms with Crippen LogP contribution in [-0.2, 0) is 11.3 Å². The van der Waals surface area contributed by atoms with E-state index in [0.29, 0.717) is 10.5 Å². The first-order chi connectivity index (χ1) is 14.0. The second kappa shape index (κ2) is 7.97. The molecule has 0 N–H and O–H groups in total. The van der Waals surface area contributed by atoms with Crippen LogP contribution in [0.2, 0.25) is 0 Å². The third kappa shape index (κ3) is 4.09. The van der Waals surface area contributed by atoms with Gasteiger partial charge in [-0.05, 0) is 71.4 Å². The smallest absolute Gasteiger partial charge is 0.293 e. The topological polar surface area (TPSA) is 51.5 Å². The summed E-state index contributed by atoms with van der Waals surface area (Å²) in [7, 11) is 1.62. The number of rotatable bonds is 5. The van der Waals surface area contributed by atoms with Gasteiger partial charge in [0.1, 0.15) is 11.6 Å². The van der Waals surface area contributed by atoms with Crippen molar-refractivity contribution >= 4 is 29.0 Å². The van der Waals surface area contributed by atoms with Crippen LogP contribution in [0.1, 0.15) is 11.1 Å². The summed E-state index contributed by atoms with van der Waals surface area (Å²) in [5, 5.41) is -0.333. The first-order valence-corrected chi connectivity index (χ1v) is 9.67. The lowest BCUT2D eigenvalue weighted by atomic mass is 10.2. The zero-order chi connectivity index (χ0) is 20.4. The Hall–Kier alpha value is -3.32. The monoisotopic (exact) mass is 408 g/mol. The van der Waals surface area contributed by atoms with Crippen LogP contribution in [0, 0.1) is 5.82 Å². The average Bonchev–Trinajstić information content (AvgIpc) is 3.30. The van der Waals surface area contributed by atoms with Gasteiger partial charge in [-0.3, -0.25) is 14.5 Å². The van der Waals surface area contributed by atoms with Gasteiger partial charge in [0.05, 0.1) is 18.6 Å². The number of nitrogens with zero attached hydrogens (tertiary/aromatic N) is 2. The maximum Gasteiger partial charge on any atom is 0.293 e. The van der Waals surface area contributed by atoms with E-state index in [-0.39, 0.29) is 23.5 Å². The molecule has 7 heteroatoms. The van der Waals surface area contributed by atoms with Crippen molar-refractivity contribution in [3.8, 4) is 11.4 Å². The molecule has 2 heterocycles. The predicted octanol–water partition coefficient (Wildman–Crippen LogP) is 4.86. The number of carbonyl (C=O) groups excluding carboxylic acids is 2. The molecule has 5 nitrogen and oxygen atoms in total. The molecule has 1 aromatic heterocycles. The lowest BCUT2D eigenvalue weighted by Gasteiger charge is -2.12. The lowest BCUT2D eigenvalue weighted by Crippen LogP contribution is -2.27. The van der Waals surface area contributed by atoms with Gasteiger partial charge in [0.25, 0.3) is 11.1 Å². The fraction of sp³-hybridized carbons (Fsp3) is 0.0909. The molecule has 0 spiro atoms. The Balaban J connectivity index is 1.51. The predicted molar refractivity (Wildman–Crippen MR) is 110 cm³/mol. The molecule has 2 amide bonds. The van der Waals surface area contributed by atoms with E-state index in [9.17, 15) is 14.0 Å². The van der Waals surface area contributed by atoms with E-state index in [1.165, 1.54) is 17.0 Å². The summed E-state index contributed by atoms with van der Waals surface area (Å²) in [6, 6.07) is 15.2. The van der Waals surface area contributed by atoms with Crippen LogP contribution >= 0.6 is 11.8 Å². The number of methoxy groups -OCH3 is 1. The van der Waals surface area contributed by atoms with E-state index in [1.807, 2.05) is 47.3 Å². The molecule has 2 aromatic carbocycles.